The second-order valence-electron chi connectivity index (χ2n) is 11.3. The van der Waals surface area contributed by atoms with Crippen molar-refractivity contribution < 1.29 is 38.1 Å². The SMILES string of the molecule is CCC(=O)O[C@]1(C(=O)SCC=CCO)[C@H](C)CC2C3C[C@H](F)C4=CC(=O)C=C[C@]4(C)[C@@]3(F)[C@@H](O)C[C@@]21C. The molecule has 0 aromatic heterocycles. The van der Waals surface area contributed by atoms with E-state index in [0.29, 0.717) is 6.42 Å². The van der Waals surface area contributed by atoms with E-state index in [0.717, 1.165) is 17.8 Å². The Morgan fingerprint density at radius 1 is 1.24 bits per heavy atom. The Morgan fingerprint density at radius 2 is 1.95 bits per heavy atom. The highest BCUT2D eigenvalue weighted by atomic mass is 32.2. The van der Waals surface area contributed by atoms with Crippen LogP contribution in [0.15, 0.2) is 36.0 Å². The Morgan fingerprint density at radius 3 is 2.59 bits per heavy atom. The van der Waals surface area contributed by atoms with Crippen molar-refractivity contribution in [3.05, 3.63) is 36.0 Å². The van der Waals surface area contributed by atoms with Gasteiger partial charge in [-0.05, 0) is 49.8 Å². The number of aliphatic hydroxyl groups is 2. The molecule has 3 fully saturated rings. The number of alkyl halides is 2. The van der Waals surface area contributed by atoms with E-state index in [1.54, 1.807) is 26.8 Å². The van der Waals surface area contributed by atoms with Crippen LogP contribution in [-0.2, 0) is 19.1 Å². The molecule has 4 aliphatic carbocycles. The minimum absolute atomic E-state index is 0.0359. The third-order valence-electron chi connectivity index (χ3n) is 9.62. The quantitative estimate of drug-likeness (QED) is 0.389. The molecular weight excluding hydrogens is 502 g/mol. The van der Waals surface area contributed by atoms with Crippen molar-refractivity contribution in [3.8, 4) is 0 Å². The smallest absolute Gasteiger partial charge is 0.306 e. The van der Waals surface area contributed by atoms with Gasteiger partial charge in [0.1, 0.15) is 6.17 Å². The van der Waals surface area contributed by atoms with Gasteiger partial charge in [0, 0.05) is 34.8 Å². The van der Waals surface area contributed by atoms with Crippen LogP contribution < -0.4 is 0 Å². The van der Waals surface area contributed by atoms with Crippen LogP contribution in [0, 0.1) is 28.6 Å². The van der Waals surface area contributed by atoms with Gasteiger partial charge in [0.05, 0.1) is 12.7 Å². The zero-order valence-electron chi connectivity index (χ0n) is 21.7. The lowest BCUT2D eigenvalue weighted by molar-refractivity contribution is -0.228. The number of halogens is 2. The molecule has 0 bridgehead atoms. The van der Waals surface area contributed by atoms with E-state index < -0.39 is 69.0 Å². The number of aliphatic hydroxyl groups excluding tert-OH is 2. The van der Waals surface area contributed by atoms with Gasteiger partial charge in [0.15, 0.2) is 17.1 Å². The Hall–Kier alpha value is -1.84. The van der Waals surface area contributed by atoms with Crippen LogP contribution in [0.3, 0.4) is 0 Å². The molecule has 4 rings (SSSR count). The first kappa shape index (κ1) is 28.2. The molecule has 4 aliphatic rings. The van der Waals surface area contributed by atoms with Crippen molar-refractivity contribution >= 4 is 28.6 Å². The van der Waals surface area contributed by atoms with Crippen molar-refractivity contribution in [1.82, 2.24) is 0 Å². The van der Waals surface area contributed by atoms with Crippen molar-refractivity contribution in [1.29, 1.82) is 0 Å². The number of hydrogen-bond acceptors (Lipinski definition) is 7. The molecule has 9 atom stereocenters. The minimum Gasteiger partial charge on any atom is -0.449 e. The Bertz CT molecular complexity index is 1070. The summed E-state index contributed by atoms with van der Waals surface area (Å²) in [5.41, 5.74) is -6.53. The maximum atomic E-state index is 17.4. The lowest BCUT2D eigenvalue weighted by Gasteiger charge is -2.63. The van der Waals surface area contributed by atoms with Crippen LogP contribution in [0.5, 0.6) is 0 Å². The summed E-state index contributed by atoms with van der Waals surface area (Å²) in [5, 5.41) is 20.1. The molecule has 0 spiro atoms. The molecule has 0 heterocycles. The average molecular weight is 539 g/mol. The highest BCUT2D eigenvalue weighted by Crippen LogP contribution is 2.72. The van der Waals surface area contributed by atoms with Gasteiger partial charge in [0.2, 0.25) is 5.12 Å². The largest absolute Gasteiger partial charge is 0.449 e. The summed E-state index contributed by atoms with van der Waals surface area (Å²) in [6.45, 7) is 6.54. The summed E-state index contributed by atoms with van der Waals surface area (Å²) in [4.78, 5) is 38.6. The molecule has 0 saturated heterocycles. The summed E-state index contributed by atoms with van der Waals surface area (Å²) < 4.78 is 39.0. The van der Waals surface area contributed by atoms with Crippen LogP contribution in [0.1, 0.15) is 53.4 Å². The van der Waals surface area contributed by atoms with Crippen molar-refractivity contribution in [2.24, 2.45) is 28.6 Å². The Kier molecular flexibility index (Phi) is 7.40. The van der Waals surface area contributed by atoms with Gasteiger partial charge in [0.25, 0.3) is 0 Å². The number of esters is 1. The predicted octanol–water partition coefficient (Wildman–Crippen LogP) is 4.05. The number of allylic oxidation sites excluding steroid dienone is 4. The molecule has 6 nitrogen and oxygen atoms in total. The summed E-state index contributed by atoms with van der Waals surface area (Å²) in [7, 11) is 0. The number of carbonyl (C=O) groups excluding carboxylic acids is 3. The summed E-state index contributed by atoms with van der Waals surface area (Å²) in [6.07, 6.45) is 3.69. The zero-order chi connectivity index (χ0) is 27.4. The van der Waals surface area contributed by atoms with Gasteiger partial charge in [-0.25, -0.2) is 8.78 Å². The standard InChI is InChI=1S/C28H36F2O6S/c1-5-23(34)36-28(24(35)37-11-7-6-10-31)16(2)12-18-19-14-21(29)20-13-17(32)8-9-25(20,3)27(19,30)22(33)15-26(18,28)4/h6-9,13,16,18-19,21-22,31,33H,5,10-12,14-15H2,1-4H3/t16-,18?,19?,21+,22+,25+,26+,27+,28+/m1/s1. The summed E-state index contributed by atoms with van der Waals surface area (Å²) in [5.74, 6) is -2.76. The van der Waals surface area contributed by atoms with E-state index in [1.807, 2.05) is 0 Å². The van der Waals surface area contributed by atoms with Crippen molar-refractivity contribution in [2.75, 3.05) is 12.4 Å². The number of fused-ring (bicyclic) bond motifs is 5. The van der Waals surface area contributed by atoms with Gasteiger partial charge in [-0.15, -0.1) is 0 Å². The molecule has 9 heteroatoms. The molecule has 0 amide bonds. The molecule has 0 aromatic rings. The topological polar surface area (TPSA) is 101 Å². The van der Waals surface area contributed by atoms with Crippen LogP contribution >= 0.6 is 11.8 Å². The number of thioether (sulfide) groups is 1. The van der Waals surface area contributed by atoms with E-state index in [-0.39, 0.29) is 37.2 Å². The number of hydrogen-bond donors (Lipinski definition) is 2. The maximum Gasteiger partial charge on any atom is 0.306 e. The van der Waals surface area contributed by atoms with E-state index >= 15 is 8.78 Å². The molecule has 0 aromatic carbocycles. The fourth-order valence-electron chi connectivity index (χ4n) is 7.84. The Balaban J connectivity index is 1.82. The minimum atomic E-state index is -2.27. The molecule has 2 N–H and O–H groups in total. The summed E-state index contributed by atoms with van der Waals surface area (Å²) >= 11 is 0.950. The molecular formula is C28H36F2O6S. The second kappa shape index (κ2) is 9.72. The molecule has 0 aliphatic heterocycles. The van der Waals surface area contributed by atoms with Gasteiger partial charge < -0.3 is 14.9 Å². The third-order valence-corrected chi connectivity index (χ3v) is 10.5. The molecule has 0 radical (unpaired) electrons. The van der Waals surface area contributed by atoms with Crippen molar-refractivity contribution in [2.45, 2.75) is 76.9 Å². The average Bonchev–Trinajstić information content (AvgIpc) is 3.06. The zero-order valence-corrected chi connectivity index (χ0v) is 22.5. The van der Waals surface area contributed by atoms with E-state index in [1.165, 1.54) is 25.2 Å². The highest BCUT2D eigenvalue weighted by molar-refractivity contribution is 8.14. The first-order valence-electron chi connectivity index (χ1n) is 12.9. The fourth-order valence-corrected chi connectivity index (χ4v) is 8.92. The van der Waals surface area contributed by atoms with Crippen molar-refractivity contribution in [3.63, 3.8) is 0 Å². The van der Waals surface area contributed by atoms with Crippen LogP contribution in [0.25, 0.3) is 0 Å². The highest BCUT2D eigenvalue weighted by Gasteiger charge is 2.78. The first-order chi connectivity index (χ1) is 17.3. The van der Waals surface area contributed by atoms with Gasteiger partial charge in [-0.2, -0.15) is 0 Å². The molecule has 37 heavy (non-hydrogen) atoms. The number of carbonyl (C=O) groups is 3. The Labute approximate surface area is 220 Å². The van der Waals surface area contributed by atoms with Crippen LogP contribution in [-0.4, -0.2) is 63.0 Å². The van der Waals surface area contributed by atoms with Gasteiger partial charge in [-0.1, -0.05) is 50.8 Å². The molecule has 204 valence electrons. The fraction of sp³-hybridized carbons (Fsp3) is 0.679. The van der Waals surface area contributed by atoms with Gasteiger partial charge >= 0.3 is 5.97 Å². The monoisotopic (exact) mass is 538 g/mol. The van der Waals surface area contributed by atoms with E-state index in [4.69, 9.17) is 9.84 Å². The van der Waals surface area contributed by atoms with Crippen LogP contribution in [0.2, 0.25) is 0 Å². The number of rotatable bonds is 6. The first-order valence-corrected chi connectivity index (χ1v) is 13.9. The maximum absolute atomic E-state index is 17.4. The second-order valence-corrected chi connectivity index (χ2v) is 12.3. The molecule has 2 unspecified atom stereocenters. The van der Waals surface area contributed by atoms with E-state index in [9.17, 15) is 19.5 Å². The number of ether oxygens (including phenoxy) is 1. The lowest BCUT2D eigenvalue weighted by Crippen LogP contribution is -2.70. The predicted molar refractivity (Wildman–Crippen MR) is 136 cm³/mol. The molecule has 3 saturated carbocycles. The van der Waals surface area contributed by atoms with Crippen LogP contribution in [0.4, 0.5) is 8.78 Å². The van der Waals surface area contributed by atoms with Gasteiger partial charge in [-0.3, -0.25) is 14.4 Å². The lowest BCUT2D eigenvalue weighted by atomic mass is 9.44. The number of ketones is 1. The third kappa shape index (κ3) is 3.82. The summed E-state index contributed by atoms with van der Waals surface area (Å²) in [6, 6.07) is 0. The van der Waals surface area contributed by atoms with E-state index in [2.05, 4.69) is 0 Å². The normalized spacial score (nSPS) is 44.7.